The van der Waals surface area contributed by atoms with Gasteiger partial charge in [0.1, 0.15) is 11.3 Å². The maximum Gasteiger partial charge on any atom is 0.271 e. The van der Waals surface area contributed by atoms with Crippen LogP contribution in [0, 0.1) is 0 Å². The number of fused-ring (bicyclic) bond motifs is 1. The van der Waals surface area contributed by atoms with Gasteiger partial charge in [-0.2, -0.15) is 0 Å². The number of thiazole rings is 1. The van der Waals surface area contributed by atoms with Gasteiger partial charge in [0.2, 0.25) is 0 Å². The molecule has 2 aromatic heterocycles. The molecule has 0 spiro atoms. The molecule has 158 valence electrons. The lowest BCUT2D eigenvalue weighted by Gasteiger charge is -2.19. The van der Waals surface area contributed by atoms with Crippen molar-refractivity contribution in [1.82, 2.24) is 9.38 Å². The van der Waals surface area contributed by atoms with E-state index in [1.165, 1.54) is 21.9 Å². The van der Waals surface area contributed by atoms with E-state index in [9.17, 15) is 9.59 Å². The Bertz CT molecular complexity index is 1310. The summed E-state index contributed by atoms with van der Waals surface area (Å²) in [5, 5.41) is 4.66. The molecule has 0 radical (unpaired) electrons. The van der Waals surface area contributed by atoms with Crippen LogP contribution >= 0.6 is 11.3 Å². The average Bonchev–Trinajstić information content (AvgIpc) is 3.19. The zero-order valence-corrected chi connectivity index (χ0v) is 18.6. The Morgan fingerprint density at radius 2 is 1.87 bits per heavy atom. The first-order chi connectivity index (χ1) is 14.8. The number of nitrogens with one attached hydrogen (secondary N) is 1. The van der Waals surface area contributed by atoms with E-state index in [0.717, 1.165) is 11.1 Å². The molecule has 2 aromatic carbocycles. The Balaban J connectivity index is 1.69. The molecule has 31 heavy (non-hydrogen) atoms. The number of ether oxygens (including phenoxy) is 1. The first-order valence-corrected chi connectivity index (χ1v) is 10.7. The fraction of sp³-hybridized carbons (Fsp3) is 0.208. The number of aromatic nitrogens is 2. The zero-order chi connectivity index (χ0) is 22.2. The van der Waals surface area contributed by atoms with Gasteiger partial charge in [-0.05, 0) is 35.2 Å². The zero-order valence-electron chi connectivity index (χ0n) is 17.8. The van der Waals surface area contributed by atoms with Gasteiger partial charge >= 0.3 is 0 Å². The van der Waals surface area contributed by atoms with E-state index >= 15 is 0 Å². The van der Waals surface area contributed by atoms with Crippen molar-refractivity contribution in [3.63, 3.8) is 0 Å². The highest BCUT2D eigenvalue weighted by Gasteiger charge is 2.18. The lowest BCUT2D eigenvalue weighted by Crippen LogP contribution is -2.26. The highest BCUT2D eigenvalue weighted by atomic mass is 32.1. The fourth-order valence-corrected chi connectivity index (χ4v) is 4.14. The minimum absolute atomic E-state index is 0.0139. The highest BCUT2D eigenvalue weighted by molar-refractivity contribution is 7.15. The second kappa shape index (κ2) is 8.00. The number of methoxy groups -OCH3 is 1. The van der Waals surface area contributed by atoms with Crippen molar-refractivity contribution >= 4 is 27.9 Å². The Morgan fingerprint density at radius 3 is 2.55 bits per heavy atom. The van der Waals surface area contributed by atoms with Crippen LogP contribution in [-0.2, 0) is 5.41 Å². The van der Waals surface area contributed by atoms with E-state index < -0.39 is 11.5 Å². The van der Waals surface area contributed by atoms with Gasteiger partial charge in [0, 0.05) is 22.8 Å². The number of hydrogen-bond donors (Lipinski definition) is 1. The van der Waals surface area contributed by atoms with E-state index in [1.807, 2.05) is 53.9 Å². The molecule has 0 bridgehead atoms. The molecule has 0 fully saturated rings. The number of anilines is 1. The van der Waals surface area contributed by atoms with Gasteiger partial charge in [0.05, 0.1) is 12.8 Å². The van der Waals surface area contributed by atoms with Crippen molar-refractivity contribution in [2.24, 2.45) is 0 Å². The molecule has 0 saturated carbocycles. The first kappa shape index (κ1) is 20.8. The number of carbonyl (C=O) groups excluding carboxylic acids is 1. The Morgan fingerprint density at radius 1 is 1.13 bits per heavy atom. The summed E-state index contributed by atoms with van der Waals surface area (Å²) < 4.78 is 6.76. The van der Waals surface area contributed by atoms with Crippen LogP contribution in [0.15, 0.2) is 64.9 Å². The molecule has 4 aromatic rings. The van der Waals surface area contributed by atoms with Crippen molar-refractivity contribution in [2.75, 3.05) is 12.4 Å². The summed E-state index contributed by atoms with van der Waals surface area (Å²) in [5.74, 6) is 0.198. The van der Waals surface area contributed by atoms with Crippen LogP contribution in [0.3, 0.4) is 0 Å². The van der Waals surface area contributed by atoms with E-state index in [2.05, 4.69) is 31.1 Å². The molecule has 0 aliphatic heterocycles. The normalized spacial score (nSPS) is 11.5. The Labute approximate surface area is 184 Å². The molecule has 1 amide bonds. The van der Waals surface area contributed by atoms with Crippen LogP contribution in [0.4, 0.5) is 5.69 Å². The summed E-state index contributed by atoms with van der Waals surface area (Å²) >= 11 is 1.34. The van der Waals surface area contributed by atoms with Gasteiger partial charge in [0.25, 0.3) is 11.5 Å². The molecule has 6 nitrogen and oxygen atoms in total. The molecule has 2 heterocycles. The van der Waals surface area contributed by atoms with Gasteiger partial charge in [-0.3, -0.25) is 14.0 Å². The van der Waals surface area contributed by atoms with Crippen LogP contribution in [0.1, 0.15) is 36.7 Å². The molecule has 0 atom stereocenters. The molecule has 0 aliphatic rings. The van der Waals surface area contributed by atoms with E-state index in [1.54, 1.807) is 7.11 Å². The second-order valence-corrected chi connectivity index (χ2v) is 9.07. The fourth-order valence-electron chi connectivity index (χ4n) is 3.28. The van der Waals surface area contributed by atoms with E-state index in [0.29, 0.717) is 22.1 Å². The van der Waals surface area contributed by atoms with Crippen LogP contribution < -0.4 is 15.6 Å². The molecule has 7 heteroatoms. The molecule has 1 N–H and O–H groups in total. The summed E-state index contributed by atoms with van der Waals surface area (Å²) in [5.41, 5.74) is 2.86. The van der Waals surface area contributed by atoms with Crippen molar-refractivity contribution < 1.29 is 9.53 Å². The Hall–Kier alpha value is -3.45. The summed E-state index contributed by atoms with van der Waals surface area (Å²) in [6, 6.07) is 15.1. The number of carbonyl (C=O) groups is 1. The molecular formula is C24H23N3O3S. The molecule has 0 saturated heterocycles. The molecular weight excluding hydrogens is 410 g/mol. The summed E-state index contributed by atoms with van der Waals surface area (Å²) in [6.45, 7) is 6.38. The third kappa shape index (κ3) is 4.09. The number of hydrogen-bond acceptors (Lipinski definition) is 5. The highest BCUT2D eigenvalue weighted by Crippen LogP contribution is 2.27. The Kier molecular flexibility index (Phi) is 5.37. The van der Waals surface area contributed by atoms with Gasteiger partial charge in [0.15, 0.2) is 4.96 Å². The molecule has 0 unspecified atom stereocenters. The standard InChI is InChI=1S/C24H23N3O3S/c1-24(2,3)16-8-10-17(11-9-16)26-21(28)19-13-25-23-27(22(19)29)20(14-31-23)15-6-5-7-18(12-15)30-4/h5-14H,1-4H3,(H,26,28). The minimum Gasteiger partial charge on any atom is -0.497 e. The van der Waals surface area contributed by atoms with E-state index in [4.69, 9.17) is 4.74 Å². The molecule has 0 aliphatic carbocycles. The third-order valence-corrected chi connectivity index (χ3v) is 5.90. The maximum absolute atomic E-state index is 13.2. The van der Waals surface area contributed by atoms with Gasteiger partial charge in [-0.1, -0.05) is 45.0 Å². The predicted molar refractivity (Wildman–Crippen MR) is 124 cm³/mol. The quantitative estimate of drug-likeness (QED) is 0.493. The second-order valence-electron chi connectivity index (χ2n) is 8.23. The lowest BCUT2D eigenvalue weighted by atomic mass is 9.87. The largest absolute Gasteiger partial charge is 0.497 e. The summed E-state index contributed by atoms with van der Waals surface area (Å²) in [4.78, 5) is 30.9. The maximum atomic E-state index is 13.2. The topological polar surface area (TPSA) is 72.7 Å². The van der Waals surface area contributed by atoms with Gasteiger partial charge in [-0.15, -0.1) is 11.3 Å². The van der Waals surface area contributed by atoms with Gasteiger partial charge in [-0.25, -0.2) is 4.98 Å². The van der Waals surface area contributed by atoms with Crippen LogP contribution in [-0.4, -0.2) is 22.4 Å². The summed E-state index contributed by atoms with van der Waals surface area (Å²) in [6.07, 6.45) is 1.34. The minimum atomic E-state index is -0.488. The van der Waals surface area contributed by atoms with Crippen molar-refractivity contribution in [2.45, 2.75) is 26.2 Å². The third-order valence-electron chi connectivity index (χ3n) is 5.06. The van der Waals surface area contributed by atoms with Crippen molar-refractivity contribution in [1.29, 1.82) is 0 Å². The van der Waals surface area contributed by atoms with Gasteiger partial charge < -0.3 is 10.1 Å². The first-order valence-electron chi connectivity index (χ1n) is 9.83. The average molecular weight is 434 g/mol. The van der Waals surface area contributed by atoms with E-state index in [-0.39, 0.29) is 11.0 Å². The molecule has 4 rings (SSSR count). The SMILES string of the molecule is COc1cccc(-c2csc3ncc(C(=O)Nc4ccc(C(C)(C)C)cc4)c(=O)n23)c1. The number of rotatable bonds is 4. The summed E-state index contributed by atoms with van der Waals surface area (Å²) in [7, 11) is 1.59. The number of benzene rings is 2. The smallest absolute Gasteiger partial charge is 0.271 e. The van der Waals surface area contributed by atoms with Crippen LogP contribution in [0.5, 0.6) is 5.75 Å². The lowest BCUT2D eigenvalue weighted by molar-refractivity contribution is 0.102. The predicted octanol–water partition coefficient (Wildman–Crippen LogP) is 4.98. The number of nitrogens with zero attached hydrogens (tertiary/aromatic N) is 2. The van der Waals surface area contributed by atoms with Crippen molar-refractivity contribution in [3.8, 4) is 17.0 Å². The van der Waals surface area contributed by atoms with Crippen molar-refractivity contribution in [3.05, 3.63) is 81.6 Å². The van der Waals surface area contributed by atoms with Crippen LogP contribution in [0.2, 0.25) is 0 Å². The monoisotopic (exact) mass is 433 g/mol. The van der Waals surface area contributed by atoms with Crippen LogP contribution in [0.25, 0.3) is 16.2 Å². The number of amides is 1.